The highest BCUT2D eigenvalue weighted by Crippen LogP contribution is 2.15. The first-order valence-corrected chi connectivity index (χ1v) is 7.32. The molecule has 0 saturated heterocycles. The lowest BCUT2D eigenvalue weighted by Gasteiger charge is -2.26. The van der Waals surface area contributed by atoms with Gasteiger partial charge in [-0.25, -0.2) is 18.8 Å². The maximum absolute atomic E-state index is 12.9. The average molecular weight is 336 g/mol. The van der Waals surface area contributed by atoms with Gasteiger partial charge in [-0.1, -0.05) is 0 Å². The molecule has 1 aromatic rings. The third-order valence-corrected chi connectivity index (χ3v) is 3.29. The number of carbonyl (C=O) groups is 3. The second kappa shape index (κ2) is 7.58. The summed E-state index contributed by atoms with van der Waals surface area (Å²) in [5.41, 5.74) is 0.492. The first-order valence-electron chi connectivity index (χ1n) is 7.32. The Bertz CT molecular complexity index is 684. The third-order valence-electron chi connectivity index (χ3n) is 3.29. The molecule has 0 aromatic heterocycles. The van der Waals surface area contributed by atoms with Crippen molar-refractivity contribution < 1.29 is 28.2 Å². The van der Waals surface area contributed by atoms with Gasteiger partial charge >= 0.3 is 18.0 Å². The van der Waals surface area contributed by atoms with Crippen LogP contribution in [-0.2, 0) is 14.3 Å². The Morgan fingerprint density at radius 2 is 1.83 bits per heavy atom. The van der Waals surface area contributed by atoms with E-state index in [1.807, 2.05) is 0 Å². The summed E-state index contributed by atoms with van der Waals surface area (Å²) in [4.78, 5) is 35.5. The second-order valence-electron chi connectivity index (χ2n) is 5.02. The minimum Gasteiger partial charge on any atom is -0.463 e. The largest absolute Gasteiger partial charge is 0.463 e. The Labute approximate surface area is 137 Å². The number of carbonyl (C=O) groups excluding carboxylic acids is 3. The minimum absolute atomic E-state index is 0.153. The van der Waals surface area contributed by atoms with Crippen molar-refractivity contribution in [2.75, 3.05) is 13.2 Å². The van der Waals surface area contributed by atoms with Crippen molar-refractivity contribution in [3.05, 3.63) is 46.9 Å². The maximum atomic E-state index is 12.9. The molecule has 1 aliphatic rings. The van der Waals surface area contributed by atoms with E-state index in [1.54, 1.807) is 13.8 Å². The van der Waals surface area contributed by atoms with Crippen molar-refractivity contribution in [3.63, 3.8) is 0 Å². The predicted molar refractivity (Wildman–Crippen MR) is 81.5 cm³/mol. The second-order valence-corrected chi connectivity index (χ2v) is 5.02. The lowest BCUT2D eigenvalue weighted by Crippen LogP contribution is -2.50. The summed E-state index contributed by atoms with van der Waals surface area (Å²) >= 11 is 0. The Hall–Kier alpha value is -2.90. The Morgan fingerprint density at radius 1 is 1.17 bits per heavy atom. The van der Waals surface area contributed by atoms with E-state index >= 15 is 0 Å². The lowest BCUT2D eigenvalue weighted by molar-refractivity contribution is -0.139. The monoisotopic (exact) mass is 336 g/mol. The van der Waals surface area contributed by atoms with Crippen LogP contribution in [-0.4, -0.2) is 37.2 Å². The molecular weight excluding hydrogens is 319 g/mol. The van der Waals surface area contributed by atoms with Gasteiger partial charge in [-0.15, -0.1) is 0 Å². The summed E-state index contributed by atoms with van der Waals surface area (Å²) in [5, 5.41) is 4.98. The molecule has 0 radical (unpaired) electrons. The van der Waals surface area contributed by atoms with Gasteiger partial charge in [0.05, 0.1) is 29.5 Å². The van der Waals surface area contributed by atoms with Gasteiger partial charge in [0.25, 0.3) is 0 Å². The number of nitrogens with one attached hydrogen (secondary N) is 2. The minimum atomic E-state index is -0.703. The van der Waals surface area contributed by atoms with Crippen LogP contribution in [0.3, 0.4) is 0 Å². The lowest BCUT2D eigenvalue weighted by atomic mass is 10.0. The molecule has 0 unspecified atom stereocenters. The molecule has 24 heavy (non-hydrogen) atoms. The average Bonchev–Trinajstić information content (AvgIpc) is 2.52. The molecule has 128 valence electrons. The molecule has 2 N–H and O–H groups in total. The number of ether oxygens (including phenoxy) is 2. The van der Waals surface area contributed by atoms with E-state index in [0.717, 1.165) is 12.1 Å². The summed E-state index contributed by atoms with van der Waals surface area (Å²) in [6.45, 7) is 3.13. The smallest absolute Gasteiger partial charge is 0.338 e. The zero-order valence-corrected chi connectivity index (χ0v) is 13.2. The van der Waals surface area contributed by atoms with Gasteiger partial charge in [0.1, 0.15) is 12.4 Å². The standard InChI is InChI=1S/C16H17FN2O5/c1-3-23-15(21)13-9(2)18-16(22)19-12(13)8-24-14(20)10-4-6-11(17)7-5-10/h4-7,9H,3,8H2,1-2H3,(H2,18,19,22)/t9-/m0/s1. The number of hydrogen-bond acceptors (Lipinski definition) is 5. The highest BCUT2D eigenvalue weighted by Gasteiger charge is 2.30. The van der Waals surface area contributed by atoms with E-state index < -0.39 is 29.8 Å². The molecule has 7 nitrogen and oxygen atoms in total. The summed E-state index contributed by atoms with van der Waals surface area (Å²) in [6.07, 6.45) is 0. The van der Waals surface area contributed by atoms with Gasteiger partial charge in [0.15, 0.2) is 0 Å². The number of urea groups is 1. The van der Waals surface area contributed by atoms with Crippen LogP contribution < -0.4 is 10.6 Å². The van der Waals surface area contributed by atoms with Gasteiger partial charge in [-0.05, 0) is 38.1 Å². The van der Waals surface area contributed by atoms with Crippen LogP contribution in [0.1, 0.15) is 24.2 Å². The summed E-state index contributed by atoms with van der Waals surface area (Å²) < 4.78 is 22.9. The molecule has 0 fully saturated rings. The fraction of sp³-hybridized carbons (Fsp3) is 0.312. The van der Waals surface area contributed by atoms with Crippen molar-refractivity contribution >= 4 is 18.0 Å². The highest BCUT2D eigenvalue weighted by atomic mass is 19.1. The van der Waals surface area contributed by atoms with Gasteiger partial charge in [0.2, 0.25) is 0 Å². The number of hydrogen-bond donors (Lipinski definition) is 2. The molecule has 1 aromatic carbocycles. The molecule has 0 aliphatic carbocycles. The Morgan fingerprint density at radius 3 is 2.46 bits per heavy atom. The van der Waals surface area contributed by atoms with Crippen molar-refractivity contribution in [2.45, 2.75) is 19.9 Å². The predicted octanol–water partition coefficient (Wildman–Crippen LogP) is 1.50. The number of rotatable bonds is 5. The van der Waals surface area contributed by atoms with Crippen LogP contribution in [0.5, 0.6) is 0 Å². The van der Waals surface area contributed by atoms with Crippen molar-refractivity contribution in [3.8, 4) is 0 Å². The quantitative estimate of drug-likeness (QED) is 0.795. The van der Waals surface area contributed by atoms with E-state index in [4.69, 9.17) is 9.47 Å². The van der Waals surface area contributed by atoms with Crippen LogP contribution in [0, 0.1) is 5.82 Å². The van der Waals surface area contributed by atoms with Crippen molar-refractivity contribution in [1.82, 2.24) is 10.6 Å². The molecule has 2 rings (SSSR count). The molecule has 2 amide bonds. The molecule has 1 heterocycles. The van der Waals surface area contributed by atoms with Crippen molar-refractivity contribution in [2.24, 2.45) is 0 Å². The molecule has 8 heteroatoms. The zero-order valence-electron chi connectivity index (χ0n) is 13.2. The number of amides is 2. The molecule has 0 spiro atoms. The first-order chi connectivity index (χ1) is 11.4. The van der Waals surface area contributed by atoms with E-state index in [2.05, 4.69) is 10.6 Å². The topological polar surface area (TPSA) is 93.7 Å². The molecule has 0 saturated carbocycles. The van der Waals surface area contributed by atoms with E-state index in [0.29, 0.717) is 0 Å². The number of benzene rings is 1. The van der Waals surface area contributed by atoms with Crippen LogP contribution >= 0.6 is 0 Å². The van der Waals surface area contributed by atoms with Gasteiger partial charge in [-0.2, -0.15) is 0 Å². The summed E-state index contributed by atoms with van der Waals surface area (Å²) in [5.74, 6) is -1.78. The SMILES string of the molecule is CCOC(=O)C1=C(COC(=O)c2ccc(F)cc2)NC(=O)N[C@H]1C. The van der Waals surface area contributed by atoms with Crippen molar-refractivity contribution in [1.29, 1.82) is 0 Å². The normalized spacial score (nSPS) is 17.0. The fourth-order valence-corrected chi connectivity index (χ4v) is 2.20. The third kappa shape index (κ3) is 4.09. The summed E-state index contributed by atoms with van der Waals surface area (Å²) in [7, 11) is 0. The number of halogens is 1. The first kappa shape index (κ1) is 17.5. The Balaban J connectivity index is 2.15. The van der Waals surface area contributed by atoms with Crippen LogP contribution in [0.25, 0.3) is 0 Å². The van der Waals surface area contributed by atoms with Crippen LogP contribution in [0.2, 0.25) is 0 Å². The Kier molecular flexibility index (Phi) is 5.51. The zero-order chi connectivity index (χ0) is 17.7. The van der Waals surface area contributed by atoms with Crippen LogP contribution in [0.4, 0.5) is 9.18 Å². The van der Waals surface area contributed by atoms with Gasteiger partial charge in [0, 0.05) is 0 Å². The molecular formula is C16H17FN2O5. The van der Waals surface area contributed by atoms with E-state index in [1.165, 1.54) is 12.1 Å². The van der Waals surface area contributed by atoms with Gasteiger partial charge < -0.3 is 20.1 Å². The number of esters is 2. The maximum Gasteiger partial charge on any atom is 0.338 e. The molecule has 1 atom stereocenters. The van der Waals surface area contributed by atoms with Crippen LogP contribution in [0.15, 0.2) is 35.5 Å². The van der Waals surface area contributed by atoms with E-state index in [-0.39, 0.29) is 30.0 Å². The fourth-order valence-electron chi connectivity index (χ4n) is 2.20. The van der Waals surface area contributed by atoms with E-state index in [9.17, 15) is 18.8 Å². The van der Waals surface area contributed by atoms with Gasteiger partial charge in [-0.3, -0.25) is 0 Å². The molecule has 1 aliphatic heterocycles. The summed E-state index contributed by atoms with van der Waals surface area (Å²) in [6, 6.07) is 3.73. The molecule has 0 bridgehead atoms. The highest BCUT2D eigenvalue weighted by molar-refractivity contribution is 5.95.